The Labute approximate surface area is 105 Å². The Morgan fingerprint density at radius 2 is 2.22 bits per heavy atom. The van der Waals surface area contributed by atoms with E-state index in [1.54, 1.807) is 6.33 Å². The molecule has 1 aliphatic heterocycles. The van der Waals surface area contributed by atoms with E-state index in [4.69, 9.17) is 5.73 Å². The number of piperidine rings is 1. The standard InChI is InChI=1S/C13H16N4O/c14-9-3-4-12-11(6-9)13(16-8-15-12)17-5-1-2-10(18)7-17/h3-4,6,8,10,18H,1-2,5,7,14H2. The van der Waals surface area contributed by atoms with Crippen molar-refractivity contribution in [3.63, 3.8) is 0 Å². The molecule has 1 fully saturated rings. The lowest BCUT2D eigenvalue weighted by molar-refractivity contribution is 0.154. The summed E-state index contributed by atoms with van der Waals surface area (Å²) < 4.78 is 0. The number of aromatic nitrogens is 2. The zero-order valence-electron chi connectivity index (χ0n) is 10.1. The summed E-state index contributed by atoms with van der Waals surface area (Å²) >= 11 is 0. The Hall–Kier alpha value is -1.88. The van der Waals surface area contributed by atoms with Crippen molar-refractivity contribution >= 4 is 22.4 Å². The fourth-order valence-corrected chi connectivity index (χ4v) is 2.46. The van der Waals surface area contributed by atoms with Gasteiger partial charge >= 0.3 is 0 Å². The van der Waals surface area contributed by atoms with Crippen LogP contribution in [0.1, 0.15) is 12.8 Å². The maximum Gasteiger partial charge on any atom is 0.140 e. The molecule has 5 heteroatoms. The number of aliphatic hydroxyl groups is 1. The first-order chi connectivity index (χ1) is 8.74. The predicted octanol–water partition coefficient (Wildman–Crippen LogP) is 1.17. The summed E-state index contributed by atoms with van der Waals surface area (Å²) in [6, 6.07) is 5.63. The number of fused-ring (bicyclic) bond motifs is 1. The highest BCUT2D eigenvalue weighted by molar-refractivity contribution is 5.91. The monoisotopic (exact) mass is 244 g/mol. The van der Waals surface area contributed by atoms with Crippen LogP contribution in [-0.4, -0.2) is 34.3 Å². The van der Waals surface area contributed by atoms with Crippen molar-refractivity contribution in [1.82, 2.24) is 9.97 Å². The summed E-state index contributed by atoms with van der Waals surface area (Å²) in [4.78, 5) is 10.7. The van der Waals surface area contributed by atoms with Gasteiger partial charge in [0.25, 0.3) is 0 Å². The SMILES string of the molecule is Nc1ccc2ncnc(N3CCCC(O)C3)c2c1. The summed E-state index contributed by atoms with van der Waals surface area (Å²) in [5.41, 5.74) is 7.41. The Morgan fingerprint density at radius 3 is 3.06 bits per heavy atom. The molecule has 1 unspecified atom stereocenters. The van der Waals surface area contributed by atoms with E-state index in [0.717, 1.165) is 36.1 Å². The van der Waals surface area contributed by atoms with Gasteiger partial charge in [-0.3, -0.25) is 0 Å². The van der Waals surface area contributed by atoms with Crippen LogP contribution in [0.25, 0.3) is 10.9 Å². The number of benzene rings is 1. The highest BCUT2D eigenvalue weighted by atomic mass is 16.3. The van der Waals surface area contributed by atoms with E-state index >= 15 is 0 Å². The van der Waals surface area contributed by atoms with Gasteiger partial charge in [0, 0.05) is 24.2 Å². The van der Waals surface area contributed by atoms with Gasteiger partial charge in [0.05, 0.1) is 11.6 Å². The summed E-state index contributed by atoms with van der Waals surface area (Å²) in [6.45, 7) is 1.54. The number of hydrogen-bond donors (Lipinski definition) is 2. The lowest BCUT2D eigenvalue weighted by atomic mass is 10.1. The number of nitrogens with zero attached hydrogens (tertiary/aromatic N) is 3. The smallest absolute Gasteiger partial charge is 0.140 e. The van der Waals surface area contributed by atoms with E-state index in [9.17, 15) is 5.11 Å². The molecular formula is C13H16N4O. The third-order valence-corrected chi connectivity index (χ3v) is 3.33. The third-order valence-electron chi connectivity index (χ3n) is 3.33. The molecule has 0 radical (unpaired) electrons. The minimum absolute atomic E-state index is 0.273. The molecule has 0 spiro atoms. The van der Waals surface area contributed by atoms with Crippen LogP contribution < -0.4 is 10.6 Å². The molecule has 1 aromatic heterocycles. The second kappa shape index (κ2) is 4.42. The molecule has 2 heterocycles. The van der Waals surface area contributed by atoms with Gasteiger partial charge in [0.1, 0.15) is 12.1 Å². The largest absolute Gasteiger partial charge is 0.399 e. The zero-order chi connectivity index (χ0) is 12.5. The van der Waals surface area contributed by atoms with E-state index in [2.05, 4.69) is 14.9 Å². The first kappa shape index (κ1) is 11.2. The van der Waals surface area contributed by atoms with Gasteiger partial charge in [-0.2, -0.15) is 0 Å². The van der Waals surface area contributed by atoms with Gasteiger partial charge in [-0.25, -0.2) is 9.97 Å². The molecule has 2 aromatic rings. The lowest BCUT2D eigenvalue weighted by Gasteiger charge is -2.31. The minimum atomic E-state index is -0.273. The molecule has 94 valence electrons. The number of anilines is 2. The molecule has 3 rings (SSSR count). The summed E-state index contributed by atoms with van der Waals surface area (Å²) in [7, 11) is 0. The van der Waals surface area contributed by atoms with Crippen molar-refractivity contribution in [2.75, 3.05) is 23.7 Å². The molecule has 1 aliphatic rings. The molecule has 0 amide bonds. The van der Waals surface area contributed by atoms with Crippen LogP contribution in [0.5, 0.6) is 0 Å². The Bertz CT molecular complexity index is 572. The second-order valence-electron chi connectivity index (χ2n) is 4.72. The average Bonchev–Trinajstić information content (AvgIpc) is 2.38. The van der Waals surface area contributed by atoms with Crippen LogP contribution in [0, 0.1) is 0 Å². The molecule has 1 aromatic carbocycles. The van der Waals surface area contributed by atoms with E-state index in [0.29, 0.717) is 12.2 Å². The Morgan fingerprint density at radius 1 is 1.33 bits per heavy atom. The first-order valence-electron chi connectivity index (χ1n) is 6.17. The minimum Gasteiger partial charge on any atom is -0.399 e. The van der Waals surface area contributed by atoms with Gasteiger partial charge in [-0.05, 0) is 31.0 Å². The van der Waals surface area contributed by atoms with E-state index in [-0.39, 0.29) is 6.10 Å². The normalized spacial score (nSPS) is 20.3. The van der Waals surface area contributed by atoms with E-state index in [1.807, 2.05) is 18.2 Å². The van der Waals surface area contributed by atoms with Gasteiger partial charge < -0.3 is 15.7 Å². The molecule has 3 N–H and O–H groups in total. The number of nitrogen functional groups attached to an aromatic ring is 1. The molecular weight excluding hydrogens is 228 g/mol. The summed E-state index contributed by atoms with van der Waals surface area (Å²) in [6.07, 6.45) is 3.13. The number of hydrogen-bond acceptors (Lipinski definition) is 5. The van der Waals surface area contributed by atoms with Crippen molar-refractivity contribution in [3.8, 4) is 0 Å². The summed E-state index contributed by atoms with van der Waals surface area (Å²) in [5, 5.41) is 10.7. The fourth-order valence-electron chi connectivity index (χ4n) is 2.46. The van der Waals surface area contributed by atoms with Crippen molar-refractivity contribution in [3.05, 3.63) is 24.5 Å². The highest BCUT2D eigenvalue weighted by Gasteiger charge is 2.20. The molecule has 1 atom stereocenters. The third kappa shape index (κ3) is 1.97. The predicted molar refractivity (Wildman–Crippen MR) is 71.4 cm³/mol. The van der Waals surface area contributed by atoms with Crippen LogP contribution in [0.4, 0.5) is 11.5 Å². The van der Waals surface area contributed by atoms with Crippen LogP contribution in [0.2, 0.25) is 0 Å². The van der Waals surface area contributed by atoms with Crippen molar-refractivity contribution in [1.29, 1.82) is 0 Å². The maximum atomic E-state index is 9.76. The van der Waals surface area contributed by atoms with Crippen molar-refractivity contribution in [2.24, 2.45) is 0 Å². The Balaban J connectivity index is 2.07. The van der Waals surface area contributed by atoms with Crippen LogP contribution >= 0.6 is 0 Å². The van der Waals surface area contributed by atoms with Crippen molar-refractivity contribution in [2.45, 2.75) is 18.9 Å². The average molecular weight is 244 g/mol. The molecule has 0 aliphatic carbocycles. The Kier molecular flexibility index (Phi) is 2.76. The van der Waals surface area contributed by atoms with Gasteiger partial charge in [-0.15, -0.1) is 0 Å². The van der Waals surface area contributed by atoms with Crippen LogP contribution in [0.3, 0.4) is 0 Å². The van der Waals surface area contributed by atoms with Crippen LogP contribution in [0.15, 0.2) is 24.5 Å². The molecule has 0 saturated carbocycles. The quantitative estimate of drug-likeness (QED) is 0.737. The molecule has 1 saturated heterocycles. The molecule has 0 bridgehead atoms. The van der Waals surface area contributed by atoms with Crippen molar-refractivity contribution < 1.29 is 5.11 Å². The number of β-amino-alcohol motifs (C(OH)–C–C–N with tert-alkyl or cyclic N) is 1. The second-order valence-corrected chi connectivity index (χ2v) is 4.72. The topological polar surface area (TPSA) is 75.3 Å². The maximum absolute atomic E-state index is 9.76. The lowest BCUT2D eigenvalue weighted by Crippen LogP contribution is -2.38. The van der Waals surface area contributed by atoms with Crippen LogP contribution in [-0.2, 0) is 0 Å². The zero-order valence-corrected chi connectivity index (χ0v) is 10.1. The van der Waals surface area contributed by atoms with E-state index in [1.165, 1.54) is 0 Å². The summed E-state index contributed by atoms with van der Waals surface area (Å²) in [5.74, 6) is 0.867. The number of aliphatic hydroxyl groups excluding tert-OH is 1. The number of nitrogens with two attached hydrogens (primary N) is 1. The molecule has 5 nitrogen and oxygen atoms in total. The highest BCUT2D eigenvalue weighted by Crippen LogP contribution is 2.27. The first-order valence-corrected chi connectivity index (χ1v) is 6.17. The van der Waals surface area contributed by atoms with Gasteiger partial charge in [-0.1, -0.05) is 0 Å². The van der Waals surface area contributed by atoms with E-state index < -0.39 is 0 Å². The van der Waals surface area contributed by atoms with Gasteiger partial charge in [0.15, 0.2) is 0 Å². The number of rotatable bonds is 1. The van der Waals surface area contributed by atoms with Gasteiger partial charge in [0.2, 0.25) is 0 Å². The molecule has 18 heavy (non-hydrogen) atoms. The fraction of sp³-hybridized carbons (Fsp3) is 0.385.